The summed E-state index contributed by atoms with van der Waals surface area (Å²) in [5.41, 5.74) is 7.03. The van der Waals surface area contributed by atoms with Crippen molar-refractivity contribution >= 4 is 22.6 Å². The SMILES string of the molecule is Nc1ccc2oc(C(=O)NCC3CCC(O)CC3)cc2c1. The molecule has 3 rings (SSSR count). The van der Waals surface area contributed by atoms with E-state index in [1.165, 1.54) is 0 Å². The first kappa shape index (κ1) is 13.9. The van der Waals surface area contributed by atoms with Gasteiger partial charge in [0.2, 0.25) is 0 Å². The van der Waals surface area contributed by atoms with E-state index < -0.39 is 0 Å². The summed E-state index contributed by atoms with van der Waals surface area (Å²) in [7, 11) is 0. The quantitative estimate of drug-likeness (QED) is 0.756. The predicted molar refractivity (Wildman–Crippen MR) is 80.9 cm³/mol. The van der Waals surface area contributed by atoms with Gasteiger partial charge in [-0.15, -0.1) is 0 Å². The van der Waals surface area contributed by atoms with Gasteiger partial charge < -0.3 is 20.6 Å². The first-order valence-electron chi connectivity index (χ1n) is 7.37. The minimum atomic E-state index is -0.198. The molecule has 0 atom stereocenters. The van der Waals surface area contributed by atoms with Gasteiger partial charge in [0.1, 0.15) is 5.58 Å². The number of aliphatic hydroxyl groups excluding tert-OH is 1. The summed E-state index contributed by atoms with van der Waals surface area (Å²) in [6.07, 6.45) is 3.39. The van der Waals surface area contributed by atoms with Crippen LogP contribution in [0.1, 0.15) is 36.2 Å². The number of hydrogen-bond donors (Lipinski definition) is 3. The summed E-state index contributed by atoms with van der Waals surface area (Å²) in [5.74, 6) is 0.555. The molecule has 0 bridgehead atoms. The number of aliphatic hydroxyl groups is 1. The van der Waals surface area contributed by atoms with E-state index in [-0.39, 0.29) is 12.0 Å². The standard InChI is InChI=1S/C16H20N2O3/c17-12-3-6-14-11(7-12)8-15(21-14)16(20)18-9-10-1-4-13(19)5-2-10/h3,6-8,10,13,19H,1-2,4-5,9,17H2,(H,18,20). The monoisotopic (exact) mass is 288 g/mol. The van der Waals surface area contributed by atoms with Crippen LogP contribution < -0.4 is 11.1 Å². The van der Waals surface area contributed by atoms with E-state index in [0.717, 1.165) is 31.1 Å². The van der Waals surface area contributed by atoms with Gasteiger partial charge in [0.05, 0.1) is 6.10 Å². The van der Waals surface area contributed by atoms with E-state index in [4.69, 9.17) is 10.2 Å². The number of nitrogens with two attached hydrogens (primary N) is 1. The van der Waals surface area contributed by atoms with E-state index in [0.29, 0.717) is 29.5 Å². The molecular formula is C16H20N2O3. The number of anilines is 1. The first-order chi connectivity index (χ1) is 10.1. The Balaban J connectivity index is 1.61. The normalized spacial score (nSPS) is 22.3. The number of hydrogen-bond acceptors (Lipinski definition) is 4. The molecule has 21 heavy (non-hydrogen) atoms. The molecule has 0 unspecified atom stereocenters. The van der Waals surface area contributed by atoms with Crippen LogP contribution >= 0.6 is 0 Å². The Bertz CT molecular complexity index is 642. The highest BCUT2D eigenvalue weighted by Crippen LogP contribution is 2.24. The van der Waals surface area contributed by atoms with Crippen molar-refractivity contribution in [3.05, 3.63) is 30.0 Å². The molecule has 4 N–H and O–H groups in total. The summed E-state index contributed by atoms with van der Waals surface area (Å²) in [6.45, 7) is 0.630. The third-order valence-electron chi connectivity index (χ3n) is 4.13. The molecule has 1 heterocycles. The van der Waals surface area contributed by atoms with Crippen LogP contribution in [0, 0.1) is 5.92 Å². The van der Waals surface area contributed by atoms with E-state index in [9.17, 15) is 9.90 Å². The molecule has 5 nitrogen and oxygen atoms in total. The van der Waals surface area contributed by atoms with Crippen molar-refractivity contribution in [2.24, 2.45) is 5.92 Å². The average molecular weight is 288 g/mol. The topological polar surface area (TPSA) is 88.5 Å². The van der Waals surface area contributed by atoms with Crippen LogP contribution in [0.25, 0.3) is 11.0 Å². The van der Waals surface area contributed by atoms with Crippen LogP contribution in [0.15, 0.2) is 28.7 Å². The van der Waals surface area contributed by atoms with Crippen LogP contribution in [0.4, 0.5) is 5.69 Å². The summed E-state index contributed by atoms with van der Waals surface area (Å²) in [4.78, 5) is 12.1. The second-order valence-electron chi connectivity index (χ2n) is 5.79. The van der Waals surface area contributed by atoms with Gasteiger partial charge in [-0.1, -0.05) is 0 Å². The highest BCUT2D eigenvalue weighted by molar-refractivity contribution is 5.96. The number of rotatable bonds is 3. The van der Waals surface area contributed by atoms with Crippen LogP contribution in [-0.4, -0.2) is 23.7 Å². The molecule has 5 heteroatoms. The Labute approximate surface area is 123 Å². The molecule has 1 saturated carbocycles. The minimum absolute atomic E-state index is 0.169. The predicted octanol–water partition coefficient (Wildman–Crippen LogP) is 2.30. The van der Waals surface area contributed by atoms with Gasteiger partial charge in [0.15, 0.2) is 5.76 Å². The highest BCUT2D eigenvalue weighted by atomic mass is 16.3. The van der Waals surface area contributed by atoms with Crippen LogP contribution in [0.3, 0.4) is 0 Å². The van der Waals surface area contributed by atoms with Crippen LogP contribution in [0.2, 0.25) is 0 Å². The number of nitrogens with one attached hydrogen (secondary N) is 1. The molecule has 0 aliphatic heterocycles. The molecule has 0 saturated heterocycles. The zero-order valence-corrected chi connectivity index (χ0v) is 11.8. The summed E-state index contributed by atoms with van der Waals surface area (Å²) in [5, 5.41) is 13.2. The van der Waals surface area contributed by atoms with Crippen molar-refractivity contribution < 1.29 is 14.3 Å². The average Bonchev–Trinajstić information content (AvgIpc) is 2.89. The van der Waals surface area contributed by atoms with Gasteiger partial charge in [0, 0.05) is 17.6 Å². The molecule has 1 aliphatic carbocycles. The second-order valence-corrected chi connectivity index (χ2v) is 5.79. The molecule has 1 fully saturated rings. The molecular weight excluding hydrogens is 268 g/mol. The van der Waals surface area contributed by atoms with Gasteiger partial charge in [-0.25, -0.2) is 0 Å². The smallest absolute Gasteiger partial charge is 0.287 e. The minimum Gasteiger partial charge on any atom is -0.451 e. The third kappa shape index (κ3) is 3.19. The largest absolute Gasteiger partial charge is 0.451 e. The van der Waals surface area contributed by atoms with Crippen molar-refractivity contribution in [3.8, 4) is 0 Å². The summed E-state index contributed by atoms with van der Waals surface area (Å²) >= 11 is 0. The molecule has 1 aliphatic rings. The van der Waals surface area contributed by atoms with Crippen molar-refractivity contribution in [3.63, 3.8) is 0 Å². The maximum atomic E-state index is 12.1. The number of benzene rings is 1. The Hall–Kier alpha value is -2.01. The molecule has 112 valence electrons. The molecule has 1 aromatic carbocycles. The lowest BCUT2D eigenvalue weighted by Crippen LogP contribution is -2.31. The van der Waals surface area contributed by atoms with E-state index in [2.05, 4.69) is 5.32 Å². The lowest BCUT2D eigenvalue weighted by Gasteiger charge is -2.25. The molecule has 2 aromatic rings. The van der Waals surface area contributed by atoms with Crippen molar-refractivity contribution in [1.82, 2.24) is 5.32 Å². The number of fused-ring (bicyclic) bond motifs is 1. The number of furan rings is 1. The van der Waals surface area contributed by atoms with Crippen molar-refractivity contribution in [1.29, 1.82) is 0 Å². The van der Waals surface area contributed by atoms with Crippen LogP contribution in [0.5, 0.6) is 0 Å². The lowest BCUT2D eigenvalue weighted by molar-refractivity contribution is 0.0888. The fraction of sp³-hybridized carbons (Fsp3) is 0.438. The zero-order chi connectivity index (χ0) is 14.8. The fourth-order valence-corrected chi connectivity index (χ4v) is 2.85. The number of carbonyl (C=O) groups is 1. The molecule has 0 radical (unpaired) electrons. The van der Waals surface area contributed by atoms with E-state index >= 15 is 0 Å². The van der Waals surface area contributed by atoms with Gasteiger partial charge in [-0.2, -0.15) is 0 Å². The molecule has 1 aromatic heterocycles. The molecule has 0 spiro atoms. The lowest BCUT2D eigenvalue weighted by atomic mass is 9.87. The van der Waals surface area contributed by atoms with Crippen LogP contribution in [-0.2, 0) is 0 Å². The Kier molecular flexibility index (Phi) is 3.84. The van der Waals surface area contributed by atoms with Gasteiger partial charge in [-0.3, -0.25) is 4.79 Å². The molecule has 1 amide bonds. The third-order valence-corrected chi connectivity index (χ3v) is 4.13. The van der Waals surface area contributed by atoms with Gasteiger partial charge in [0.25, 0.3) is 5.91 Å². The number of amides is 1. The first-order valence-corrected chi connectivity index (χ1v) is 7.37. The van der Waals surface area contributed by atoms with Crippen molar-refractivity contribution in [2.75, 3.05) is 12.3 Å². The zero-order valence-electron chi connectivity index (χ0n) is 11.8. The Morgan fingerprint density at radius 3 is 2.81 bits per heavy atom. The van der Waals surface area contributed by atoms with Crippen molar-refractivity contribution in [2.45, 2.75) is 31.8 Å². The summed E-state index contributed by atoms with van der Waals surface area (Å²) in [6, 6.07) is 7.02. The van der Waals surface area contributed by atoms with Gasteiger partial charge >= 0.3 is 0 Å². The second kappa shape index (κ2) is 5.77. The van der Waals surface area contributed by atoms with E-state index in [1.807, 2.05) is 0 Å². The van der Waals surface area contributed by atoms with E-state index in [1.54, 1.807) is 24.3 Å². The highest BCUT2D eigenvalue weighted by Gasteiger charge is 2.20. The Morgan fingerprint density at radius 2 is 2.05 bits per heavy atom. The number of carbonyl (C=O) groups excluding carboxylic acids is 1. The maximum absolute atomic E-state index is 12.1. The Morgan fingerprint density at radius 1 is 1.29 bits per heavy atom. The maximum Gasteiger partial charge on any atom is 0.287 e. The fourth-order valence-electron chi connectivity index (χ4n) is 2.85. The summed E-state index contributed by atoms with van der Waals surface area (Å²) < 4.78 is 5.53. The van der Waals surface area contributed by atoms with Gasteiger partial charge in [-0.05, 0) is 55.9 Å². The number of nitrogen functional groups attached to an aromatic ring is 1.